The zero-order valence-corrected chi connectivity index (χ0v) is 15.2. The number of imidazole rings is 1. The number of nitrogens with two attached hydrogens (primary N) is 1. The predicted molar refractivity (Wildman–Crippen MR) is 102 cm³/mol. The Morgan fingerprint density at radius 2 is 2.00 bits per heavy atom. The van der Waals surface area contributed by atoms with Gasteiger partial charge in [-0.15, -0.1) is 0 Å². The maximum atomic E-state index is 10.3. The SMILES string of the molecule is CCc1ccccc1Nc1nc(N)c2ncn([C@@H]3O[C@H](CO)[C@@H](O)[C@H]3O)c2n1. The van der Waals surface area contributed by atoms with Gasteiger partial charge in [-0.1, -0.05) is 25.1 Å². The molecule has 0 aliphatic carbocycles. The number of ether oxygens (including phenoxy) is 1. The van der Waals surface area contributed by atoms with E-state index in [1.54, 1.807) is 0 Å². The fourth-order valence-electron chi connectivity index (χ4n) is 3.36. The Hall–Kier alpha value is -2.79. The molecule has 6 N–H and O–H groups in total. The predicted octanol–water partition coefficient (Wildman–Crippen LogP) is 0.326. The van der Waals surface area contributed by atoms with Gasteiger partial charge in [0.2, 0.25) is 5.95 Å². The lowest BCUT2D eigenvalue weighted by Crippen LogP contribution is -2.33. The lowest BCUT2D eigenvalue weighted by atomic mass is 10.1. The summed E-state index contributed by atoms with van der Waals surface area (Å²) in [6.45, 7) is 1.63. The number of aliphatic hydroxyl groups excluding tert-OH is 3. The van der Waals surface area contributed by atoms with Gasteiger partial charge in [-0.05, 0) is 18.1 Å². The molecule has 10 heteroatoms. The van der Waals surface area contributed by atoms with E-state index in [-0.39, 0.29) is 11.8 Å². The maximum absolute atomic E-state index is 10.3. The van der Waals surface area contributed by atoms with E-state index in [0.717, 1.165) is 17.7 Å². The third-order valence-corrected chi connectivity index (χ3v) is 4.88. The molecule has 0 bridgehead atoms. The molecule has 2 aromatic heterocycles. The van der Waals surface area contributed by atoms with E-state index < -0.39 is 31.1 Å². The number of hydrogen-bond acceptors (Lipinski definition) is 9. The van der Waals surface area contributed by atoms with Gasteiger partial charge in [0.15, 0.2) is 17.7 Å². The van der Waals surface area contributed by atoms with Crippen LogP contribution < -0.4 is 11.1 Å². The molecule has 1 saturated heterocycles. The minimum Gasteiger partial charge on any atom is -0.394 e. The fourth-order valence-corrected chi connectivity index (χ4v) is 3.36. The molecule has 1 aromatic carbocycles. The minimum atomic E-state index is -1.25. The second kappa shape index (κ2) is 7.32. The van der Waals surface area contributed by atoms with Crippen LogP contribution in [-0.4, -0.2) is 59.8 Å². The van der Waals surface area contributed by atoms with Gasteiger partial charge in [0.05, 0.1) is 12.9 Å². The van der Waals surface area contributed by atoms with Crippen LogP contribution in [0.25, 0.3) is 11.2 Å². The highest BCUT2D eigenvalue weighted by molar-refractivity contribution is 5.83. The number of anilines is 3. The zero-order chi connectivity index (χ0) is 19.8. The van der Waals surface area contributed by atoms with Crippen molar-refractivity contribution in [2.24, 2.45) is 0 Å². The molecular weight excluding hydrogens is 364 g/mol. The van der Waals surface area contributed by atoms with Crippen molar-refractivity contribution in [1.29, 1.82) is 0 Å². The molecule has 3 aromatic rings. The van der Waals surface area contributed by atoms with E-state index in [1.807, 2.05) is 24.3 Å². The number of nitrogens with zero attached hydrogens (tertiary/aromatic N) is 4. The van der Waals surface area contributed by atoms with Crippen LogP contribution in [0.1, 0.15) is 18.7 Å². The van der Waals surface area contributed by atoms with Gasteiger partial charge in [0, 0.05) is 5.69 Å². The Kier molecular flexibility index (Phi) is 4.85. The van der Waals surface area contributed by atoms with E-state index >= 15 is 0 Å². The van der Waals surface area contributed by atoms with Gasteiger partial charge >= 0.3 is 0 Å². The first-order valence-corrected chi connectivity index (χ1v) is 9.01. The normalized spacial score (nSPS) is 24.7. The summed E-state index contributed by atoms with van der Waals surface area (Å²) in [6.07, 6.45) is -2.07. The van der Waals surface area contributed by atoms with Crippen LogP contribution in [0.15, 0.2) is 30.6 Å². The first-order chi connectivity index (χ1) is 13.5. The van der Waals surface area contributed by atoms with Gasteiger partial charge in [-0.3, -0.25) is 4.57 Å². The van der Waals surface area contributed by atoms with Crippen molar-refractivity contribution >= 4 is 28.6 Å². The van der Waals surface area contributed by atoms with Crippen LogP contribution in [0, 0.1) is 0 Å². The van der Waals surface area contributed by atoms with Crippen LogP contribution >= 0.6 is 0 Å². The van der Waals surface area contributed by atoms with E-state index in [0.29, 0.717) is 11.2 Å². The van der Waals surface area contributed by atoms with Crippen LogP contribution in [-0.2, 0) is 11.2 Å². The van der Waals surface area contributed by atoms with Crippen LogP contribution in [0.4, 0.5) is 17.5 Å². The number of aliphatic hydroxyl groups is 3. The molecule has 0 saturated carbocycles. The number of benzene rings is 1. The van der Waals surface area contributed by atoms with Crippen molar-refractivity contribution < 1.29 is 20.1 Å². The second-order valence-corrected chi connectivity index (χ2v) is 6.62. The van der Waals surface area contributed by atoms with E-state index in [9.17, 15) is 15.3 Å². The van der Waals surface area contributed by atoms with Crippen molar-refractivity contribution in [3.05, 3.63) is 36.2 Å². The van der Waals surface area contributed by atoms with Crippen molar-refractivity contribution in [1.82, 2.24) is 19.5 Å². The van der Waals surface area contributed by atoms with E-state index in [1.165, 1.54) is 10.9 Å². The van der Waals surface area contributed by atoms with Gasteiger partial charge in [-0.25, -0.2) is 4.98 Å². The molecule has 148 valence electrons. The lowest BCUT2D eigenvalue weighted by molar-refractivity contribution is -0.0511. The van der Waals surface area contributed by atoms with Crippen molar-refractivity contribution in [2.45, 2.75) is 37.9 Å². The molecule has 1 aliphatic heterocycles. The summed E-state index contributed by atoms with van der Waals surface area (Å²) in [7, 11) is 0. The fraction of sp³-hybridized carbons (Fsp3) is 0.389. The number of fused-ring (bicyclic) bond motifs is 1. The molecule has 1 fully saturated rings. The molecular formula is C18H22N6O4. The Labute approximate surface area is 160 Å². The molecule has 28 heavy (non-hydrogen) atoms. The second-order valence-electron chi connectivity index (χ2n) is 6.62. The van der Waals surface area contributed by atoms with Crippen molar-refractivity contribution in [3.63, 3.8) is 0 Å². The molecule has 3 heterocycles. The summed E-state index contributed by atoms with van der Waals surface area (Å²) in [6, 6.07) is 7.80. The first kappa shape index (κ1) is 18.6. The van der Waals surface area contributed by atoms with Gasteiger partial charge in [0.25, 0.3) is 0 Å². The van der Waals surface area contributed by atoms with Crippen molar-refractivity contribution in [3.8, 4) is 0 Å². The molecule has 0 radical (unpaired) electrons. The summed E-state index contributed by atoms with van der Waals surface area (Å²) in [5.74, 6) is 0.450. The summed E-state index contributed by atoms with van der Waals surface area (Å²) in [5.41, 5.74) is 8.71. The first-order valence-electron chi connectivity index (χ1n) is 9.01. The Morgan fingerprint density at radius 3 is 2.71 bits per heavy atom. The molecule has 1 aliphatic rings. The molecule has 4 rings (SSSR count). The maximum Gasteiger partial charge on any atom is 0.231 e. The summed E-state index contributed by atoms with van der Waals surface area (Å²) in [4.78, 5) is 13.0. The van der Waals surface area contributed by atoms with Crippen molar-refractivity contribution in [2.75, 3.05) is 17.7 Å². The number of rotatable bonds is 5. The molecule has 10 nitrogen and oxygen atoms in total. The number of aryl methyl sites for hydroxylation is 1. The number of hydrogen-bond donors (Lipinski definition) is 5. The van der Waals surface area contributed by atoms with E-state index in [4.69, 9.17) is 10.5 Å². The topological polar surface area (TPSA) is 152 Å². The highest BCUT2D eigenvalue weighted by Gasteiger charge is 2.44. The quantitative estimate of drug-likeness (QED) is 0.417. The van der Waals surface area contributed by atoms with Gasteiger partial charge in [-0.2, -0.15) is 9.97 Å². The smallest absolute Gasteiger partial charge is 0.231 e. The summed E-state index contributed by atoms with van der Waals surface area (Å²) >= 11 is 0. The largest absolute Gasteiger partial charge is 0.394 e. The number of aromatic nitrogens is 4. The third-order valence-electron chi connectivity index (χ3n) is 4.88. The minimum absolute atomic E-state index is 0.173. The van der Waals surface area contributed by atoms with Gasteiger partial charge < -0.3 is 31.1 Å². The Bertz CT molecular complexity index is 993. The zero-order valence-electron chi connectivity index (χ0n) is 15.2. The van der Waals surface area contributed by atoms with Crippen LogP contribution in [0.3, 0.4) is 0 Å². The molecule has 0 unspecified atom stereocenters. The highest BCUT2D eigenvalue weighted by atomic mass is 16.6. The summed E-state index contributed by atoms with van der Waals surface area (Å²) in [5, 5.41) is 32.8. The summed E-state index contributed by atoms with van der Waals surface area (Å²) < 4.78 is 7.05. The van der Waals surface area contributed by atoms with Crippen LogP contribution in [0.5, 0.6) is 0 Å². The molecule has 0 spiro atoms. The molecule has 0 amide bonds. The lowest BCUT2D eigenvalue weighted by Gasteiger charge is -2.17. The number of nitrogens with one attached hydrogen (secondary N) is 1. The average molecular weight is 386 g/mol. The molecule has 4 atom stereocenters. The monoisotopic (exact) mass is 386 g/mol. The number of para-hydroxylation sites is 1. The van der Waals surface area contributed by atoms with E-state index in [2.05, 4.69) is 27.2 Å². The number of nitrogen functional groups attached to an aromatic ring is 1. The highest BCUT2D eigenvalue weighted by Crippen LogP contribution is 2.32. The van der Waals surface area contributed by atoms with Crippen LogP contribution in [0.2, 0.25) is 0 Å². The standard InChI is InChI=1S/C18H22N6O4/c1-2-9-5-3-4-6-10(9)21-18-22-15(19)12-16(23-18)24(8-20-12)17-14(27)13(26)11(7-25)28-17/h3-6,8,11,13-14,17,25-27H,2,7H2,1H3,(H3,19,21,22,23)/t11-,13-,14-,17-/m1/s1. The Morgan fingerprint density at radius 1 is 1.21 bits per heavy atom. The van der Waals surface area contributed by atoms with Gasteiger partial charge in [0.1, 0.15) is 23.8 Å². The Balaban J connectivity index is 1.73. The average Bonchev–Trinajstić information content (AvgIpc) is 3.24. The third kappa shape index (κ3) is 3.06.